The largest absolute Gasteiger partial charge is 1.00 e. The van der Waals surface area contributed by atoms with Crippen LogP contribution in [0.1, 0.15) is 72.1 Å². The van der Waals surface area contributed by atoms with Crippen molar-refractivity contribution >= 4 is 11.9 Å². The van der Waals surface area contributed by atoms with E-state index in [9.17, 15) is 14.7 Å². The number of hydrogen-bond donors (Lipinski definition) is 0. The zero-order valence-corrected chi connectivity index (χ0v) is 15.9. The molecule has 0 atom stereocenters. The number of hydrogen-bond acceptors (Lipinski definition) is 4. The number of carboxylic acids is 1. The van der Waals surface area contributed by atoms with Crippen molar-refractivity contribution in [1.82, 2.24) is 0 Å². The van der Waals surface area contributed by atoms with Crippen molar-refractivity contribution in [3.8, 4) is 0 Å². The third-order valence-electron chi connectivity index (χ3n) is 3.39. The van der Waals surface area contributed by atoms with Crippen LogP contribution in [0.3, 0.4) is 0 Å². The van der Waals surface area contributed by atoms with Crippen molar-refractivity contribution < 1.29 is 70.8 Å². The molecule has 0 aromatic rings. The minimum absolute atomic E-state index is 0. The van der Waals surface area contributed by atoms with Crippen molar-refractivity contribution in [2.75, 3.05) is 0 Å². The molecule has 0 fully saturated rings. The summed E-state index contributed by atoms with van der Waals surface area (Å²) in [5.74, 6) is -1.64. The van der Waals surface area contributed by atoms with Gasteiger partial charge in [-0.25, -0.2) is 0 Å². The fraction of sp³-hybridized carbons (Fsp3) is 0.857. The molecule has 0 spiro atoms. The molecule has 0 aliphatic carbocycles. The van der Waals surface area contributed by atoms with Gasteiger partial charge < -0.3 is 14.6 Å². The molecule has 0 aromatic carbocycles. The number of ether oxygens (including phenoxy) is 1. The van der Waals surface area contributed by atoms with E-state index < -0.39 is 17.5 Å². The van der Waals surface area contributed by atoms with Crippen LogP contribution in [-0.4, -0.2) is 17.5 Å². The molecule has 0 heterocycles. The van der Waals surface area contributed by atoms with Gasteiger partial charge in [0.15, 0.2) is 0 Å². The van der Waals surface area contributed by atoms with Crippen LogP contribution < -0.4 is 56.5 Å². The Morgan fingerprint density at radius 2 is 1.63 bits per heavy atom. The molecule has 0 rings (SSSR count). The summed E-state index contributed by atoms with van der Waals surface area (Å²) in [5, 5.41) is 10.3. The Labute approximate surface area is 159 Å². The van der Waals surface area contributed by atoms with Crippen LogP contribution in [0.15, 0.2) is 0 Å². The van der Waals surface area contributed by atoms with Crippen molar-refractivity contribution in [2.24, 2.45) is 0 Å². The molecule has 0 saturated heterocycles. The SMILES string of the molecule is CCCCCC(CC)(CC)OC(=O)CCC(=O)[O-].[K+]. The van der Waals surface area contributed by atoms with Crippen molar-refractivity contribution in [2.45, 2.75) is 77.7 Å². The van der Waals surface area contributed by atoms with Crippen molar-refractivity contribution in [1.29, 1.82) is 0 Å². The molecule has 0 bridgehead atoms. The first kappa shape index (κ1) is 21.9. The van der Waals surface area contributed by atoms with E-state index in [1.54, 1.807) is 0 Å². The minimum atomic E-state index is -1.21. The summed E-state index contributed by atoms with van der Waals surface area (Å²) in [6.07, 6.45) is 5.31. The van der Waals surface area contributed by atoms with Gasteiger partial charge in [-0.15, -0.1) is 0 Å². The predicted molar refractivity (Wildman–Crippen MR) is 67.8 cm³/mol. The summed E-state index contributed by atoms with van der Waals surface area (Å²) in [5.41, 5.74) is -0.418. The molecule has 0 aliphatic heterocycles. The van der Waals surface area contributed by atoms with Crippen LogP contribution in [0, 0.1) is 0 Å². The Hall–Kier alpha value is 0.576. The first-order valence-corrected chi connectivity index (χ1v) is 6.91. The quantitative estimate of drug-likeness (QED) is 0.301. The van der Waals surface area contributed by atoms with Crippen LogP contribution in [0.4, 0.5) is 0 Å². The maximum Gasteiger partial charge on any atom is 1.00 e. The monoisotopic (exact) mass is 296 g/mol. The molecular weight excluding hydrogens is 271 g/mol. The molecule has 0 aromatic heterocycles. The minimum Gasteiger partial charge on any atom is -0.550 e. The molecule has 19 heavy (non-hydrogen) atoms. The second-order valence-corrected chi connectivity index (χ2v) is 4.69. The Morgan fingerprint density at radius 3 is 2.05 bits per heavy atom. The number of carboxylic acid groups (broad SMARTS) is 1. The van der Waals surface area contributed by atoms with Gasteiger partial charge in [0.05, 0.1) is 6.42 Å². The Kier molecular flexibility index (Phi) is 14.2. The molecule has 0 radical (unpaired) electrons. The molecular formula is C14H25KO4. The summed E-state index contributed by atoms with van der Waals surface area (Å²) < 4.78 is 5.50. The number of rotatable bonds is 10. The fourth-order valence-electron chi connectivity index (χ4n) is 1.99. The molecule has 0 aliphatic rings. The number of unbranched alkanes of at least 4 members (excludes halogenated alkanes) is 2. The van der Waals surface area contributed by atoms with Crippen molar-refractivity contribution in [3.05, 3.63) is 0 Å². The average Bonchev–Trinajstić information content (AvgIpc) is 2.35. The summed E-state index contributed by atoms with van der Waals surface area (Å²) >= 11 is 0. The van der Waals surface area contributed by atoms with Crippen LogP contribution in [0.5, 0.6) is 0 Å². The van der Waals surface area contributed by atoms with Crippen molar-refractivity contribution in [3.63, 3.8) is 0 Å². The molecule has 0 amide bonds. The standard InChI is InChI=1S/C14H26O4.K/c1-4-7-8-11-14(5-2,6-3)18-13(17)10-9-12(15)16;/h4-11H2,1-3H3,(H,15,16);/q;+1/p-1. The van der Waals surface area contributed by atoms with Crippen LogP contribution in [0.2, 0.25) is 0 Å². The normalized spacial score (nSPS) is 10.7. The predicted octanol–water partition coefficient (Wildman–Crippen LogP) is -0.797. The van der Waals surface area contributed by atoms with E-state index in [0.717, 1.165) is 38.5 Å². The number of aliphatic carboxylic acids is 1. The Bertz CT molecular complexity index is 262. The van der Waals surface area contributed by atoms with Gasteiger partial charge >= 0.3 is 57.4 Å². The fourth-order valence-corrected chi connectivity index (χ4v) is 1.99. The van der Waals surface area contributed by atoms with Gasteiger partial charge in [0.25, 0.3) is 0 Å². The second-order valence-electron chi connectivity index (χ2n) is 4.69. The third-order valence-corrected chi connectivity index (χ3v) is 3.39. The number of carbonyl (C=O) groups excluding carboxylic acids is 2. The first-order chi connectivity index (χ1) is 8.49. The number of carbonyl (C=O) groups is 2. The summed E-state index contributed by atoms with van der Waals surface area (Å²) in [4.78, 5) is 21.9. The van der Waals surface area contributed by atoms with Gasteiger partial charge in [0.1, 0.15) is 5.60 Å². The topological polar surface area (TPSA) is 66.4 Å². The van der Waals surface area contributed by atoms with Gasteiger partial charge in [0, 0.05) is 5.97 Å². The van der Waals surface area contributed by atoms with Crippen LogP contribution >= 0.6 is 0 Å². The smallest absolute Gasteiger partial charge is 0.550 e. The molecule has 5 heteroatoms. The third kappa shape index (κ3) is 10.0. The van der Waals surface area contributed by atoms with Crippen LogP contribution in [0.25, 0.3) is 0 Å². The zero-order valence-electron chi connectivity index (χ0n) is 12.8. The van der Waals surface area contributed by atoms with E-state index in [-0.39, 0.29) is 64.2 Å². The van der Waals surface area contributed by atoms with Crippen LogP contribution in [-0.2, 0) is 14.3 Å². The van der Waals surface area contributed by atoms with E-state index in [4.69, 9.17) is 4.74 Å². The average molecular weight is 296 g/mol. The molecule has 0 N–H and O–H groups in total. The van der Waals surface area contributed by atoms with Gasteiger partial charge in [-0.05, 0) is 32.1 Å². The Morgan fingerprint density at radius 1 is 1.05 bits per heavy atom. The van der Waals surface area contributed by atoms with E-state index in [1.165, 1.54) is 0 Å². The summed E-state index contributed by atoms with van der Waals surface area (Å²) in [6, 6.07) is 0. The van der Waals surface area contributed by atoms with E-state index >= 15 is 0 Å². The first-order valence-electron chi connectivity index (χ1n) is 6.91. The molecule has 4 nitrogen and oxygen atoms in total. The Balaban J connectivity index is 0. The molecule has 106 valence electrons. The molecule has 0 saturated carbocycles. The van der Waals surface area contributed by atoms with E-state index in [1.807, 2.05) is 13.8 Å². The van der Waals surface area contributed by atoms with E-state index in [2.05, 4.69) is 6.92 Å². The maximum atomic E-state index is 11.6. The van der Waals surface area contributed by atoms with Gasteiger partial charge in [-0.1, -0.05) is 33.6 Å². The van der Waals surface area contributed by atoms with Gasteiger partial charge in [-0.3, -0.25) is 4.79 Å². The summed E-state index contributed by atoms with van der Waals surface area (Å²) in [7, 11) is 0. The zero-order chi connectivity index (χ0) is 14.0. The summed E-state index contributed by atoms with van der Waals surface area (Å²) in [6.45, 7) is 6.13. The van der Waals surface area contributed by atoms with Gasteiger partial charge in [-0.2, -0.15) is 0 Å². The maximum absolute atomic E-state index is 11.6. The second kappa shape index (κ2) is 12.3. The van der Waals surface area contributed by atoms with Gasteiger partial charge in [0.2, 0.25) is 0 Å². The number of esters is 1. The molecule has 0 unspecified atom stereocenters. The van der Waals surface area contributed by atoms with E-state index in [0.29, 0.717) is 0 Å².